The van der Waals surface area contributed by atoms with Crippen molar-refractivity contribution in [2.24, 2.45) is 0 Å². The van der Waals surface area contributed by atoms with Crippen molar-refractivity contribution in [2.45, 2.75) is 43.7 Å². The van der Waals surface area contributed by atoms with Gasteiger partial charge in [0.25, 0.3) is 6.43 Å². The lowest BCUT2D eigenvalue weighted by Gasteiger charge is -2.26. The molecule has 120 valence electrons. The Morgan fingerprint density at radius 1 is 1.57 bits per heavy atom. The van der Waals surface area contributed by atoms with E-state index < -0.39 is 23.0 Å². The molecule has 6 nitrogen and oxygen atoms in total. The fourth-order valence-electron chi connectivity index (χ4n) is 2.46. The molecule has 0 amide bonds. The third kappa shape index (κ3) is 3.78. The summed E-state index contributed by atoms with van der Waals surface area (Å²) in [4.78, 5) is -0.0245. The zero-order valence-electron chi connectivity index (χ0n) is 11.9. The fraction of sp³-hybridized carbons (Fsp3) is 0.750. The van der Waals surface area contributed by atoms with E-state index >= 15 is 0 Å². The molecule has 1 unspecified atom stereocenters. The first-order valence-corrected chi connectivity index (χ1v) is 8.42. The minimum atomic E-state index is -3.70. The Balaban J connectivity index is 2.22. The Morgan fingerprint density at radius 3 is 2.90 bits per heavy atom. The summed E-state index contributed by atoms with van der Waals surface area (Å²) in [6.07, 6.45) is 1.20. The Hall–Kier alpha value is -1.06. The molecule has 0 bridgehead atoms. The van der Waals surface area contributed by atoms with Crippen molar-refractivity contribution >= 4 is 10.0 Å². The molecule has 1 aliphatic rings. The Bertz CT molecular complexity index is 555. The van der Waals surface area contributed by atoms with E-state index in [1.807, 2.05) is 6.92 Å². The molecular formula is C12H20F2N4O2S. The van der Waals surface area contributed by atoms with Crippen molar-refractivity contribution in [1.82, 2.24) is 19.4 Å². The number of alkyl halides is 2. The molecule has 1 aliphatic heterocycles. The van der Waals surface area contributed by atoms with Crippen LogP contribution in [0.5, 0.6) is 0 Å². The van der Waals surface area contributed by atoms with Gasteiger partial charge in [-0.1, -0.05) is 6.92 Å². The normalized spacial score (nSPS) is 19.8. The first kappa shape index (κ1) is 16.3. The van der Waals surface area contributed by atoms with Gasteiger partial charge in [-0.3, -0.25) is 4.68 Å². The second-order valence-corrected chi connectivity index (χ2v) is 6.94. The smallest absolute Gasteiger partial charge is 0.257 e. The van der Waals surface area contributed by atoms with Gasteiger partial charge in [0.1, 0.15) is 11.4 Å². The van der Waals surface area contributed by atoms with Crippen molar-refractivity contribution in [3.63, 3.8) is 0 Å². The van der Waals surface area contributed by atoms with Crippen molar-refractivity contribution in [2.75, 3.05) is 19.6 Å². The molecule has 9 heteroatoms. The molecule has 0 saturated carbocycles. The van der Waals surface area contributed by atoms with Crippen molar-refractivity contribution in [3.05, 3.63) is 12.4 Å². The number of nitrogens with zero attached hydrogens (tertiary/aromatic N) is 3. The number of halogens is 2. The molecule has 2 rings (SSSR count). The predicted octanol–water partition coefficient (Wildman–Crippen LogP) is 0.911. The molecule has 1 aromatic rings. The topological polar surface area (TPSA) is 67.2 Å². The summed E-state index contributed by atoms with van der Waals surface area (Å²) in [5.41, 5.74) is 0. The van der Waals surface area contributed by atoms with Crippen LogP contribution in [0.1, 0.15) is 19.8 Å². The maximum atomic E-state index is 12.7. The van der Waals surface area contributed by atoms with Gasteiger partial charge in [-0.05, 0) is 19.4 Å². The molecule has 0 aliphatic carbocycles. The first-order valence-electron chi connectivity index (χ1n) is 6.98. The molecule has 0 radical (unpaired) electrons. The number of rotatable bonds is 7. The van der Waals surface area contributed by atoms with Crippen LogP contribution in [-0.2, 0) is 16.6 Å². The Labute approximate surface area is 123 Å². The van der Waals surface area contributed by atoms with Crippen LogP contribution in [0.15, 0.2) is 17.3 Å². The Kier molecular flexibility index (Phi) is 5.28. The van der Waals surface area contributed by atoms with Crippen LogP contribution in [0, 0.1) is 0 Å². The van der Waals surface area contributed by atoms with Gasteiger partial charge in [0, 0.05) is 25.3 Å². The van der Waals surface area contributed by atoms with Gasteiger partial charge in [-0.15, -0.1) is 0 Å². The highest BCUT2D eigenvalue weighted by atomic mass is 32.2. The van der Waals surface area contributed by atoms with Crippen LogP contribution in [0.3, 0.4) is 0 Å². The third-order valence-corrected chi connectivity index (χ3v) is 5.33. The number of hydrogen-bond donors (Lipinski definition) is 1. The second kappa shape index (κ2) is 6.80. The highest BCUT2D eigenvalue weighted by Gasteiger charge is 2.33. The minimum Gasteiger partial charge on any atom is -0.315 e. The Morgan fingerprint density at radius 2 is 2.33 bits per heavy atom. The quantitative estimate of drug-likeness (QED) is 0.810. The van der Waals surface area contributed by atoms with Gasteiger partial charge in [0.05, 0.1) is 6.20 Å². The highest BCUT2D eigenvalue weighted by Crippen LogP contribution is 2.21. The van der Waals surface area contributed by atoms with Crippen molar-refractivity contribution in [1.29, 1.82) is 0 Å². The van der Waals surface area contributed by atoms with Gasteiger partial charge >= 0.3 is 0 Å². The van der Waals surface area contributed by atoms with Gasteiger partial charge in [0.15, 0.2) is 0 Å². The molecule has 1 N–H and O–H groups in total. The van der Waals surface area contributed by atoms with Crippen LogP contribution in [0.2, 0.25) is 0 Å². The van der Waals surface area contributed by atoms with Gasteiger partial charge in [0.2, 0.25) is 10.0 Å². The first-order chi connectivity index (χ1) is 9.95. The van der Waals surface area contributed by atoms with Crippen LogP contribution in [0.4, 0.5) is 8.78 Å². The van der Waals surface area contributed by atoms with Gasteiger partial charge in [-0.2, -0.15) is 9.40 Å². The molecule has 0 aromatic carbocycles. The largest absolute Gasteiger partial charge is 0.315 e. The summed E-state index contributed by atoms with van der Waals surface area (Å²) in [5.74, 6) is 0. The maximum Gasteiger partial charge on any atom is 0.257 e. The molecule has 0 spiro atoms. The molecule has 21 heavy (non-hydrogen) atoms. The predicted molar refractivity (Wildman–Crippen MR) is 73.7 cm³/mol. The average Bonchev–Trinajstić information content (AvgIpc) is 3.05. The zero-order chi connectivity index (χ0) is 15.5. The van der Waals surface area contributed by atoms with E-state index in [1.165, 1.54) is 10.5 Å². The molecule has 1 aromatic heterocycles. The molecule has 2 heterocycles. The summed E-state index contributed by atoms with van der Waals surface area (Å²) >= 11 is 0. The second-order valence-electron chi connectivity index (χ2n) is 5.05. The van der Waals surface area contributed by atoms with E-state index in [1.54, 1.807) is 0 Å². The van der Waals surface area contributed by atoms with Crippen LogP contribution in [0.25, 0.3) is 0 Å². The van der Waals surface area contributed by atoms with E-state index in [0.29, 0.717) is 19.5 Å². The third-order valence-electron chi connectivity index (χ3n) is 3.43. The summed E-state index contributed by atoms with van der Waals surface area (Å²) < 4.78 is 52.4. The minimum absolute atomic E-state index is 0.0245. The van der Waals surface area contributed by atoms with E-state index in [2.05, 4.69) is 10.4 Å². The highest BCUT2D eigenvalue weighted by molar-refractivity contribution is 7.89. The van der Waals surface area contributed by atoms with Crippen molar-refractivity contribution < 1.29 is 17.2 Å². The van der Waals surface area contributed by atoms with Gasteiger partial charge in [-0.25, -0.2) is 17.2 Å². The number of nitrogens with one attached hydrogen (secondary N) is 1. The standard InChI is InChI=1S/C12H20F2N4O2S/c1-2-5-18(10-3-4-15-6-10)21(19,20)11-7-16-17(8-11)9-12(13)14/h7-8,10,12,15H,2-6,9H2,1H3. The summed E-state index contributed by atoms with van der Waals surface area (Å²) in [7, 11) is -3.70. The average molecular weight is 322 g/mol. The summed E-state index contributed by atoms with van der Waals surface area (Å²) in [6.45, 7) is 3.11. The lowest BCUT2D eigenvalue weighted by atomic mass is 10.2. The van der Waals surface area contributed by atoms with E-state index in [0.717, 1.165) is 23.8 Å². The fourth-order valence-corrected chi connectivity index (χ4v) is 4.16. The summed E-state index contributed by atoms with van der Waals surface area (Å²) in [6, 6.07) is -0.0894. The van der Waals surface area contributed by atoms with E-state index in [9.17, 15) is 17.2 Å². The van der Waals surface area contributed by atoms with Crippen LogP contribution >= 0.6 is 0 Å². The molecule has 1 saturated heterocycles. The van der Waals surface area contributed by atoms with Crippen LogP contribution in [-0.4, -0.2) is 54.6 Å². The van der Waals surface area contributed by atoms with Crippen LogP contribution < -0.4 is 5.32 Å². The molecule has 1 atom stereocenters. The number of aromatic nitrogens is 2. The summed E-state index contributed by atoms with van der Waals surface area (Å²) in [5, 5.41) is 6.85. The van der Waals surface area contributed by atoms with E-state index in [-0.39, 0.29) is 10.9 Å². The molecular weight excluding hydrogens is 302 g/mol. The number of sulfonamides is 1. The maximum absolute atomic E-state index is 12.7. The zero-order valence-corrected chi connectivity index (χ0v) is 12.7. The van der Waals surface area contributed by atoms with E-state index in [4.69, 9.17) is 0 Å². The molecule has 1 fully saturated rings. The monoisotopic (exact) mass is 322 g/mol. The number of hydrogen-bond acceptors (Lipinski definition) is 4. The lowest BCUT2D eigenvalue weighted by molar-refractivity contribution is 0.121. The lowest BCUT2D eigenvalue weighted by Crippen LogP contribution is -2.41. The van der Waals surface area contributed by atoms with Crippen molar-refractivity contribution in [3.8, 4) is 0 Å². The van der Waals surface area contributed by atoms with Gasteiger partial charge < -0.3 is 5.32 Å². The SMILES string of the molecule is CCCN(C1CCNC1)S(=O)(=O)c1cnn(CC(F)F)c1.